The van der Waals surface area contributed by atoms with E-state index in [1.165, 1.54) is 0 Å². The van der Waals surface area contributed by atoms with Crippen molar-refractivity contribution in [3.05, 3.63) is 0 Å². The largest absolute Gasteiger partial charge is 0.314 e. The first kappa shape index (κ1) is 9.99. The van der Waals surface area contributed by atoms with E-state index in [2.05, 4.69) is 12.2 Å². The van der Waals surface area contributed by atoms with Gasteiger partial charge in [-0.15, -0.1) is 0 Å². The Morgan fingerprint density at radius 2 is 2.25 bits per heavy atom. The second-order valence-corrected chi connectivity index (χ2v) is 5.74. The van der Waals surface area contributed by atoms with Gasteiger partial charge in [0.25, 0.3) is 0 Å². The molecule has 72 valence electrons. The minimum atomic E-state index is -2.70. The summed E-state index contributed by atoms with van der Waals surface area (Å²) >= 11 is 0. The quantitative estimate of drug-likeness (QED) is 0.703. The molecule has 1 N–H and O–H groups in total. The maximum Gasteiger partial charge on any atom is 0.150 e. The van der Waals surface area contributed by atoms with E-state index in [1.807, 2.05) is 6.92 Å². The molecule has 0 spiro atoms. The van der Waals surface area contributed by atoms with Crippen molar-refractivity contribution in [2.24, 2.45) is 5.92 Å². The van der Waals surface area contributed by atoms with Crippen molar-refractivity contribution in [3.63, 3.8) is 0 Å². The lowest BCUT2D eigenvalue weighted by Gasteiger charge is -2.17. The highest BCUT2D eigenvalue weighted by molar-refractivity contribution is 7.91. The lowest BCUT2D eigenvalue weighted by molar-refractivity contribution is 0.415. The molecule has 3 nitrogen and oxygen atoms in total. The topological polar surface area (TPSA) is 46.2 Å². The molecule has 1 rings (SSSR count). The average molecular weight is 191 g/mol. The summed E-state index contributed by atoms with van der Waals surface area (Å²) < 4.78 is 22.2. The molecule has 2 atom stereocenters. The fourth-order valence-electron chi connectivity index (χ4n) is 1.71. The first-order valence-corrected chi connectivity index (χ1v) is 6.31. The molecule has 0 bridgehead atoms. The van der Waals surface area contributed by atoms with Gasteiger partial charge >= 0.3 is 0 Å². The van der Waals surface area contributed by atoms with Crippen LogP contribution in [-0.2, 0) is 9.84 Å². The standard InChI is InChI=1S/C8H17NO2S/c1-3-9-7(2)8-4-5-12(10,11)6-8/h7-9H,3-6H2,1-2H3. The molecule has 0 amide bonds. The van der Waals surface area contributed by atoms with E-state index in [-0.39, 0.29) is 0 Å². The smallest absolute Gasteiger partial charge is 0.150 e. The van der Waals surface area contributed by atoms with Gasteiger partial charge in [-0.1, -0.05) is 6.92 Å². The molecule has 2 unspecified atom stereocenters. The van der Waals surface area contributed by atoms with E-state index in [1.54, 1.807) is 0 Å². The summed E-state index contributed by atoms with van der Waals surface area (Å²) in [5.74, 6) is 1.09. The van der Waals surface area contributed by atoms with Crippen molar-refractivity contribution < 1.29 is 8.42 Å². The first-order valence-electron chi connectivity index (χ1n) is 4.49. The highest BCUT2D eigenvalue weighted by Crippen LogP contribution is 2.21. The van der Waals surface area contributed by atoms with Crippen molar-refractivity contribution in [1.82, 2.24) is 5.32 Å². The number of sulfone groups is 1. The summed E-state index contributed by atoms with van der Waals surface area (Å²) in [5.41, 5.74) is 0. The molecule has 1 fully saturated rings. The van der Waals surface area contributed by atoms with Gasteiger partial charge in [0.15, 0.2) is 9.84 Å². The van der Waals surface area contributed by atoms with Crippen LogP contribution in [0.3, 0.4) is 0 Å². The summed E-state index contributed by atoms with van der Waals surface area (Å²) in [6.07, 6.45) is 0.830. The Morgan fingerprint density at radius 1 is 1.58 bits per heavy atom. The van der Waals surface area contributed by atoms with E-state index in [0.717, 1.165) is 13.0 Å². The lowest BCUT2D eigenvalue weighted by Crippen LogP contribution is -2.33. The Morgan fingerprint density at radius 3 is 2.67 bits per heavy atom. The molecule has 0 aromatic rings. The lowest BCUT2D eigenvalue weighted by atomic mass is 10.0. The van der Waals surface area contributed by atoms with Crippen molar-refractivity contribution in [3.8, 4) is 0 Å². The highest BCUT2D eigenvalue weighted by atomic mass is 32.2. The molecular weight excluding hydrogens is 174 g/mol. The van der Waals surface area contributed by atoms with Crippen LogP contribution < -0.4 is 5.32 Å². The molecule has 1 saturated heterocycles. The highest BCUT2D eigenvalue weighted by Gasteiger charge is 2.30. The van der Waals surface area contributed by atoms with Crippen LogP contribution in [0.4, 0.5) is 0 Å². The van der Waals surface area contributed by atoms with Crippen molar-refractivity contribution in [2.45, 2.75) is 26.3 Å². The third-order valence-corrected chi connectivity index (χ3v) is 4.29. The Bertz CT molecular complexity index is 235. The third kappa shape index (κ3) is 2.45. The molecule has 0 aromatic heterocycles. The Kier molecular flexibility index (Phi) is 3.12. The zero-order valence-corrected chi connectivity index (χ0v) is 8.52. The van der Waals surface area contributed by atoms with Gasteiger partial charge in [-0.2, -0.15) is 0 Å². The molecule has 0 aliphatic carbocycles. The van der Waals surface area contributed by atoms with Crippen LogP contribution >= 0.6 is 0 Å². The number of rotatable bonds is 3. The van der Waals surface area contributed by atoms with Crippen molar-refractivity contribution >= 4 is 9.84 Å². The Labute approximate surface area is 74.5 Å². The van der Waals surface area contributed by atoms with Crippen LogP contribution in [0.15, 0.2) is 0 Å². The van der Waals surface area contributed by atoms with E-state index < -0.39 is 9.84 Å². The SMILES string of the molecule is CCNC(C)C1CCS(=O)(=O)C1. The van der Waals surface area contributed by atoms with E-state index in [9.17, 15) is 8.42 Å². The monoisotopic (exact) mass is 191 g/mol. The van der Waals surface area contributed by atoms with Crippen LogP contribution in [0.2, 0.25) is 0 Å². The molecule has 4 heteroatoms. The number of hydrogen-bond donors (Lipinski definition) is 1. The maximum atomic E-state index is 11.1. The molecule has 0 radical (unpaired) electrons. The Balaban J connectivity index is 2.46. The van der Waals surface area contributed by atoms with Gasteiger partial charge in [-0.05, 0) is 25.8 Å². The molecule has 1 heterocycles. The average Bonchev–Trinajstić information content (AvgIpc) is 2.31. The van der Waals surface area contributed by atoms with Gasteiger partial charge in [0.05, 0.1) is 11.5 Å². The van der Waals surface area contributed by atoms with Gasteiger partial charge in [-0.3, -0.25) is 0 Å². The van der Waals surface area contributed by atoms with Crippen LogP contribution in [0.5, 0.6) is 0 Å². The van der Waals surface area contributed by atoms with Gasteiger partial charge < -0.3 is 5.32 Å². The van der Waals surface area contributed by atoms with Crippen LogP contribution in [-0.4, -0.2) is 32.5 Å². The molecule has 1 aliphatic heterocycles. The van der Waals surface area contributed by atoms with Gasteiger partial charge in [-0.25, -0.2) is 8.42 Å². The predicted octanol–water partition coefficient (Wildman–Crippen LogP) is 0.419. The summed E-state index contributed by atoms with van der Waals surface area (Å²) in [4.78, 5) is 0. The normalized spacial score (nSPS) is 30.3. The van der Waals surface area contributed by atoms with Gasteiger partial charge in [0, 0.05) is 6.04 Å². The second-order valence-electron chi connectivity index (χ2n) is 3.51. The van der Waals surface area contributed by atoms with E-state index in [4.69, 9.17) is 0 Å². The zero-order chi connectivity index (χ0) is 9.19. The summed E-state index contributed by atoms with van der Waals surface area (Å²) in [6.45, 7) is 5.02. The molecular formula is C8H17NO2S. The van der Waals surface area contributed by atoms with Gasteiger partial charge in [0.2, 0.25) is 0 Å². The molecule has 0 aromatic carbocycles. The summed E-state index contributed by atoms with van der Waals surface area (Å²) in [7, 11) is -2.70. The second kappa shape index (κ2) is 3.75. The van der Waals surface area contributed by atoms with Crippen LogP contribution in [0.25, 0.3) is 0 Å². The van der Waals surface area contributed by atoms with Crippen molar-refractivity contribution in [2.75, 3.05) is 18.1 Å². The van der Waals surface area contributed by atoms with Crippen LogP contribution in [0.1, 0.15) is 20.3 Å². The Hall–Kier alpha value is -0.0900. The first-order chi connectivity index (χ1) is 5.55. The third-order valence-electron chi connectivity index (χ3n) is 2.50. The maximum absolute atomic E-state index is 11.1. The fraction of sp³-hybridized carbons (Fsp3) is 1.00. The zero-order valence-electron chi connectivity index (χ0n) is 7.71. The van der Waals surface area contributed by atoms with E-state index >= 15 is 0 Å². The molecule has 1 aliphatic rings. The minimum absolute atomic E-state index is 0.329. The van der Waals surface area contributed by atoms with E-state index in [0.29, 0.717) is 23.5 Å². The minimum Gasteiger partial charge on any atom is -0.314 e. The van der Waals surface area contributed by atoms with Crippen molar-refractivity contribution in [1.29, 1.82) is 0 Å². The molecule has 0 saturated carbocycles. The van der Waals surface area contributed by atoms with Gasteiger partial charge in [0.1, 0.15) is 0 Å². The predicted molar refractivity (Wildman–Crippen MR) is 49.9 cm³/mol. The molecule has 12 heavy (non-hydrogen) atoms. The number of nitrogens with one attached hydrogen (secondary N) is 1. The summed E-state index contributed by atoms with van der Waals surface area (Å²) in [5, 5.41) is 3.26. The number of hydrogen-bond acceptors (Lipinski definition) is 3. The van der Waals surface area contributed by atoms with Crippen LogP contribution in [0, 0.1) is 5.92 Å². The summed E-state index contributed by atoms with van der Waals surface area (Å²) in [6, 6.07) is 0.340. The fourth-order valence-corrected chi connectivity index (χ4v) is 3.64.